The number of pyridine rings is 1. The van der Waals surface area contributed by atoms with Crippen LogP contribution in [0, 0.1) is 0 Å². The maximum atomic E-state index is 6.29. The van der Waals surface area contributed by atoms with Crippen LogP contribution in [0.2, 0.25) is 0 Å². The molecule has 0 amide bonds. The third-order valence-corrected chi connectivity index (χ3v) is 3.30. The first-order valence-corrected chi connectivity index (χ1v) is 6.14. The number of rotatable bonds is 2. The molecule has 1 fully saturated rings. The maximum Gasteiger partial charge on any atom is 0.100 e. The molecule has 0 saturated carbocycles. The van der Waals surface area contributed by atoms with E-state index < -0.39 is 0 Å². The lowest BCUT2D eigenvalue weighted by Crippen LogP contribution is -2.37. The SMILES string of the molecule is NC(c1cncc2ccccc12)C1COCCO1. The van der Waals surface area contributed by atoms with Gasteiger partial charge in [-0.3, -0.25) is 4.98 Å². The third kappa shape index (κ3) is 2.10. The Labute approximate surface area is 106 Å². The fraction of sp³-hybridized carbons (Fsp3) is 0.357. The Morgan fingerprint density at radius 2 is 2.11 bits per heavy atom. The molecule has 1 aliphatic heterocycles. The first-order valence-electron chi connectivity index (χ1n) is 6.14. The summed E-state index contributed by atoms with van der Waals surface area (Å²) < 4.78 is 11.1. The van der Waals surface area contributed by atoms with E-state index in [1.54, 1.807) is 0 Å². The molecule has 0 spiro atoms. The summed E-state index contributed by atoms with van der Waals surface area (Å²) in [5, 5.41) is 2.23. The van der Waals surface area contributed by atoms with Crippen molar-refractivity contribution in [3.05, 3.63) is 42.2 Å². The summed E-state index contributed by atoms with van der Waals surface area (Å²) in [5.41, 5.74) is 7.31. The molecule has 18 heavy (non-hydrogen) atoms. The van der Waals surface area contributed by atoms with Crippen LogP contribution in [0.5, 0.6) is 0 Å². The topological polar surface area (TPSA) is 57.4 Å². The molecule has 0 aliphatic carbocycles. The second-order valence-corrected chi connectivity index (χ2v) is 4.46. The summed E-state index contributed by atoms with van der Waals surface area (Å²) in [7, 11) is 0. The van der Waals surface area contributed by atoms with E-state index in [0.717, 1.165) is 16.3 Å². The molecule has 1 aliphatic rings. The van der Waals surface area contributed by atoms with E-state index in [4.69, 9.17) is 15.2 Å². The Kier molecular flexibility index (Phi) is 3.23. The molecule has 1 aromatic heterocycles. The summed E-state index contributed by atoms with van der Waals surface area (Å²) in [6.07, 6.45) is 3.58. The van der Waals surface area contributed by atoms with E-state index in [1.807, 2.05) is 30.6 Å². The minimum absolute atomic E-state index is 0.0913. The van der Waals surface area contributed by atoms with Gasteiger partial charge in [-0.15, -0.1) is 0 Å². The maximum absolute atomic E-state index is 6.29. The van der Waals surface area contributed by atoms with Gasteiger partial charge in [0.15, 0.2) is 0 Å². The predicted molar refractivity (Wildman–Crippen MR) is 69.2 cm³/mol. The van der Waals surface area contributed by atoms with Gasteiger partial charge in [-0.25, -0.2) is 0 Å². The number of fused-ring (bicyclic) bond motifs is 1. The third-order valence-electron chi connectivity index (χ3n) is 3.30. The minimum Gasteiger partial charge on any atom is -0.376 e. The Morgan fingerprint density at radius 3 is 2.94 bits per heavy atom. The minimum atomic E-state index is -0.205. The van der Waals surface area contributed by atoms with E-state index in [0.29, 0.717) is 19.8 Å². The monoisotopic (exact) mass is 244 g/mol. The summed E-state index contributed by atoms with van der Waals surface area (Å²) in [5.74, 6) is 0. The summed E-state index contributed by atoms with van der Waals surface area (Å²) in [6.45, 7) is 1.80. The van der Waals surface area contributed by atoms with Crippen molar-refractivity contribution in [1.29, 1.82) is 0 Å². The van der Waals surface area contributed by atoms with Crippen LogP contribution in [-0.4, -0.2) is 30.9 Å². The number of ether oxygens (including phenoxy) is 2. The van der Waals surface area contributed by atoms with E-state index in [2.05, 4.69) is 11.1 Å². The fourth-order valence-electron chi connectivity index (χ4n) is 2.32. The molecule has 3 rings (SSSR count). The van der Waals surface area contributed by atoms with Crippen LogP contribution in [0.3, 0.4) is 0 Å². The Morgan fingerprint density at radius 1 is 1.22 bits per heavy atom. The predicted octanol–water partition coefficient (Wildman–Crippen LogP) is 1.65. The van der Waals surface area contributed by atoms with Crippen molar-refractivity contribution < 1.29 is 9.47 Å². The van der Waals surface area contributed by atoms with Gasteiger partial charge in [0.2, 0.25) is 0 Å². The number of benzene rings is 1. The fourth-order valence-corrected chi connectivity index (χ4v) is 2.32. The largest absolute Gasteiger partial charge is 0.376 e. The zero-order valence-corrected chi connectivity index (χ0v) is 10.1. The lowest BCUT2D eigenvalue weighted by Gasteiger charge is -2.28. The number of nitrogens with two attached hydrogens (primary N) is 1. The molecule has 94 valence electrons. The first kappa shape index (κ1) is 11.6. The highest BCUT2D eigenvalue weighted by atomic mass is 16.6. The highest BCUT2D eigenvalue weighted by Crippen LogP contribution is 2.25. The average Bonchev–Trinajstić information content (AvgIpc) is 2.47. The van der Waals surface area contributed by atoms with Gasteiger partial charge < -0.3 is 15.2 Å². The normalized spacial score (nSPS) is 21.9. The van der Waals surface area contributed by atoms with Gasteiger partial charge in [-0.2, -0.15) is 0 Å². The Hall–Kier alpha value is -1.49. The molecular weight excluding hydrogens is 228 g/mol. The van der Waals surface area contributed by atoms with Gasteiger partial charge in [0, 0.05) is 17.8 Å². The molecule has 1 saturated heterocycles. The lowest BCUT2D eigenvalue weighted by atomic mass is 9.98. The van der Waals surface area contributed by atoms with Gasteiger partial charge >= 0.3 is 0 Å². The van der Waals surface area contributed by atoms with Crippen molar-refractivity contribution in [2.75, 3.05) is 19.8 Å². The van der Waals surface area contributed by atoms with Crippen LogP contribution >= 0.6 is 0 Å². The van der Waals surface area contributed by atoms with Gasteiger partial charge in [0.1, 0.15) is 6.10 Å². The molecule has 1 aromatic carbocycles. The van der Waals surface area contributed by atoms with Gasteiger partial charge in [0.25, 0.3) is 0 Å². The molecule has 2 atom stereocenters. The van der Waals surface area contributed by atoms with Gasteiger partial charge in [-0.1, -0.05) is 24.3 Å². The van der Waals surface area contributed by atoms with Crippen molar-refractivity contribution in [1.82, 2.24) is 4.98 Å². The molecule has 0 radical (unpaired) electrons. The molecule has 2 unspecified atom stereocenters. The van der Waals surface area contributed by atoms with Crippen LogP contribution in [0.15, 0.2) is 36.7 Å². The van der Waals surface area contributed by atoms with E-state index in [1.165, 1.54) is 0 Å². The molecule has 0 bridgehead atoms. The standard InChI is InChI=1S/C14H16N2O2/c15-14(13-9-17-5-6-18-13)12-8-16-7-10-3-1-2-4-11(10)12/h1-4,7-8,13-14H,5-6,9,15H2. The second kappa shape index (κ2) is 5.02. The zero-order chi connectivity index (χ0) is 12.4. The number of hydrogen-bond acceptors (Lipinski definition) is 4. The molecular formula is C14H16N2O2. The van der Waals surface area contributed by atoms with Crippen LogP contribution in [0.25, 0.3) is 10.8 Å². The second-order valence-electron chi connectivity index (χ2n) is 4.46. The highest BCUT2D eigenvalue weighted by Gasteiger charge is 2.24. The Balaban J connectivity index is 1.97. The van der Waals surface area contributed by atoms with Crippen LogP contribution in [-0.2, 0) is 9.47 Å². The van der Waals surface area contributed by atoms with Crippen molar-refractivity contribution in [3.63, 3.8) is 0 Å². The summed E-state index contributed by atoms with van der Waals surface area (Å²) >= 11 is 0. The molecule has 4 nitrogen and oxygen atoms in total. The van der Waals surface area contributed by atoms with Crippen LogP contribution < -0.4 is 5.73 Å². The van der Waals surface area contributed by atoms with Gasteiger partial charge in [0.05, 0.1) is 25.9 Å². The number of aromatic nitrogens is 1. The molecule has 2 N–H and O–H groups in total. The summed E-state index contributed by atoms with van der Waals surface area (Å²) in [6, 6.07) is 7.91. The average molecular weight is 244 g/mol. The molecule has 2 heterocycles. The number of nitrogens with zero attached hydrogens (tertiary/aromatic N) is 1. The van der Waals surface area contributed by atoms with Crippen molar-refractivity contribution in [2.45, 2.75) is 12.1 Å². The van der Waals surface area contributed by atoms with Crippen molar-refractivity contribution >= 4 is 10.8 Å². The van der Waals surface area contributed by atoms with Crippen LogP contribution in [0.4, 0.5) is 0 Å². The number of hydrogen-bond donors (Lipinski definition) is 1. The first-order chi connectivity index (χ1) is 8.86. The van der Waals surface area contributed by atoms with Crippen molar-refractivity contribution in [3.8, 4) is 0 Å². The lowest BCUT2D eigenvalue weighted by molar-refractivity contribution is -0.0974. The van der Waals surface area contributed by atoms with E-state index in [-0.39, 0.29) is 12.1 Å². The smallest absolute Gasteiger partial charge is 0.100 e. The van der Waals surface area contributed by atoms with E-state index in [9.17, 15) is 0 Å². The van der Waals surface area contributed by atoms with Crippen LogP contribution in [0.1, 0.15) is 11.6 Å². The van der Waals surface area contributed by atoms with E-state index >= 15 is 0 Å². The molecule has 4 heteroatoms. The quantitative estimate of drug-likeness (QED) is 0.872. The Bertz CT molecular complexity index is 533. The van der Waals surface area contributed by atoms with Crippen molar-refractivity contribution in [2.24, 2.45) is 5.73 Å². The highest BCUT2D eigenvalue weighted by molar-refractivity contribution is 5.85. The summed E-state index contributed by atoms with van der Waals surface area (Å²) in [4.78, 5) is 4.25. The zero-order valence-electron chi connectivity index (χ0n) is 10.1. The molecule has 2 aromatic rings. The van der Waals surface area contributed by atoms with Gasteiger partial charge in [-0.05, 0) is 10.9 Å².